The molecule has 0 spiro atoms. The van der Waals surface area contributed by atoms with E-state index >= 15 is 0 Å². The Hall–Kier alpha value is -1.34. The van der Waals surface area contributed by atoms with Crippen molar-refractivity contribution in [3.05, 3.63) is 0 Å². The smallest absolute Gasteiger partial charge is 0.308 e. The third-order valence-corrected chi connectivity index (χ3v) is 3.97. The molecular formula is C26H50O11. The van der Waals surface area contributed by atoms with Gasteiger partial charge in [0, 0.05) is 0 Å². The lowest BCUT2D eigenvalue weighted by atomic mass is 10.2. The highest BCUT2D eigenvalue weighted by atomic mass is 16.6. The molecule has 11 nitrogen and oxygen atoms in total. The van der Waals surface area contributed by atoms with Crippen molar-refractivity contribution >= 4 is 11.9 Å². The summed E-state index contributed by atoms with van der Waals surface area (Å²) in [6.45, 7) is 17.1. The number of esters is 2. The average Bonchev–Trinajstić information content (AvgIpc) is 2.77. The first-order chi connectivity index (χ1) is 17.5. The van der Waals surface area contributed by atoms with Crippen molar-refractivity contribution in [2.75, 3.05) is 92.5 Å². The fraction of sp³-hybridized carbons (Fsp3) is 0.923. The summed E-state index contributed by atoms with van der Waals surface area (Å²) in [6, 6.07) is 0. The molecule has 0 aliphatic carbocycles. The van der Waals surface area contributed by atoms with Crippen LogP contribution in [0.2, 0.25) is 0 Å². The van der Waals surface area contributed by atoms with Crippen LogP contribution in [0.1, 0.15) is 54.4 Å². The normalized spacial score (nSPS) is 12.1. The molecule has 0 fully saturated rings. The van der Waals surface area contributed by atoms with Gasteiger partial charge in [0.15, 0.2) is 0 Å². The van der Waals surface area contributed by atoms with Gasteiger partial charge in [-0.3, -0.25) is 9.59 Å². The van der Waals surface area contributed by atoms with Crippen LogP contribution in [-0.2, 0) is 52.2 Å². The van der Waals surface area contributed by atoms with Crippen LogP contribution in [0, 0.1) is 0 Å². The molecule has 0 aliphatic heterocycles. The Balaban J connectivity index is 3.18. The molecule has 0 amide bonds. The van der Waals surface area contributed by atoms with E-state index in [2.05, 4.69) is 0 Å². The molecule has 0 N–H and O–H groups in total. The molecule has 0 saturated carbocycles. The van der Waals surface area contributed by atoms with E-state index in [0.717, 1.165) is 0 Å². The van der Waals surface area contributed by atoms with Gasteiger partial charge in [0.25, 0.3) is 0 Å². The van der Waals surface area contributed by atoms with Gasteiger partial charge in [-0.05, 0) is 41.5 Å². The van der Waals surface area contributed by atoms with Gasteiger partial charge < -0.3 is 42.6 Å². The van der Waals surface area contributed by atoms with E-state index in [1.807, 2.05) is 41.5 Å². The predicted octanol–water partition coefficient (Wildman–Crippen LogP) is 2.57. The van der Waals surface area contributed by atoms with Crippen LogP contribution in [0.3, 0.4) is 0 Å². The Bertz CT molecular complexity index is 508. The molecule has 0 aromatic rings. The largest absolute Gasteiger partial charge is 0.460 e. The topological polar surface area (TPSA) is 117 Å². The Kier molecular flexibility index (Phi) is 21.8. The molecule has 0 heterocycles. The molecule has 0 saturated heterocycles. The number of carbonyl (C=O) groups is 2. The number of hydrogen-bond acceptors (Lipinski definition) is 11. The molecular weight excluding hydrogens is 488 g/mol. The number of carbonyl (C=O) groups excluding carboxylic acids is 2. The summed E-state index contributed by atoms with van der Waals surface area (Å²) in [5.74, 6) is -0.534. The Labute approximate surface area is 222 Å². The summed E-state index contributed by atoms with van der Waals surface area (Å²) in [7, 11) is 0. The van der Waals surface area contributed by atoms with Crippen molar-refractivity contribution < 1.29 is 52.2 Å². The molecule has 0 bridgehead atoms. The SMILES string of the molecule is CC(C)(C)OC(=O)CCOCCOCCOCCOCCOCCOCCOCCC(=O)OC(C)(C)C. The summed E-state index contributed by atoms with van der Waals surface area (Å²) in [5.41, 5.74) is -0.945. The Morgan fingerprint density at radius 1 is 0.378 bits per heavy atom. The van der Waals surface area contributed by atoms with Gasteiger partial charge in [0.05, 0.1) is 105 Å². The predicted molar refractivity (Wildman–Crippen MR) is 137 cm³/mol. The fourth-order valence-electron chi connectivity index (χ4n) is 2.52. The summed E-state index contributed by atoms with van der Waals surface area (Å²) < 4.78 is 48.2. The minimum atomic E-state index is -0.473. The number of hydrogen-bond donors (Lipinski definition) is 0. The lowest BCUT2D eigenvalue weighted by Gasteiger charge is -2.19. The molecule has 11 heteroatoms. The van der Waals surface area contributed by atoms with Crippen LogP contribution < -0.4 is 0 Å². The zero-order valence-electron chi connectivity index (χ0n) is 23.8. The van der Waals surface area contributed by atoms with E-state index in [0.29, 0.717) is 92.5 Å². The highest BCUT2D eigenvalue weighted by Crippen LogP contribution is 2.08. The molecule has 0 rings (SSSR count). The van der Waals surface area contributed by atoms with Gasteiger partial charge >= 0.3 is 11.9 Å². The van der Waals surface area contributed by atoms with Crippen LogP contribution in [-0.4, -0.2) is 116 Å². The first-order valence-electron chi connectivity index (χ1n) is 13.0. The third kappa shape index (κ3) is 30.8. The summed E-state index contributed by atoms with van der Waals surface area (Å²) in [4.78, 5) is 23.0. The molecule has 0 radical (unpaired) electrons. The van der Waals surface area contributed by atoms with E-state index in [9.17, 15) is 9.59 Å². The van der Waals surface area contributed by atoms with Gasteiger partial charge in [-0.25, -0.2) is 0 Å². The van der Waals surface area contributed by atoms with Gasteiger partial charge in [-0.15, -0.1) is 0 Å². The average molecular weight is 539 g/mol. The van der Waals surface area contributed by atoms with Crippen LogP contribution in [0.15, 0.2) is 0 Å². The quantitative estimate of drug-likeness (QED) is 0.133. The monoisotopic (exact) mass is 538 g/mol. The first-order valence-corrected chi connectivity index (χ1v) is 13.0. The van der Waals surface area contributed by atoms with E-state index in [4.69, 9.17) is 42.6 Å². The van der Waals surface area contributed by atoms with E-state index in [1.165, 1.54) is 0 Å². The minimum absolute atomic E-state index is 0.231. The highest BCUT2D eigenvalue weighted by molar-refractivity contribution is 5.70. The fourth-order valence-corrected chi connectivity index (χ4v) is 2.52. The van der Waals surface area contributed by atoms with Crippen LogP contribution in [0.4, 0.5) is 0 Å². The second kappa shape index (κ2) is 22.6. The lowest BCUT2D eigenvalue weighted by Crippen LogP contribution is -2.24. The molecule has 0 unspecified atom stereocenters. The Morgan fingerprint density at radius 2 is 0.568 bits per heavy atom. The summed E-state index contributed by atoms with van der Waals surface area (Å²) >= 11 is 0. The maximum absolute atomic E-state index is 11.5. The van der Waals surface area contributed by atoms with Crippen molar-refractivity contribution in [1.82, 2.24) is 0 Å². The van der Waals surface area contributed by atoms with Gasteiger partial charge in [0.2, 0.25) is 0 Å². The van der Waals surface area contributed by atoms with E-state index < -0.39 is 11.2 Å². The maximum Gasteiger partial charge on any atom is 0.308 e. The highest BCUT2D eigenvalue weighted by Gasteiger charge is 2.16. The lowest BCUT2D eigenvalue weighted by molar-refractivity contribution is -0.157. The van der Waals surface area contributed by atoms with Gasteiger partial charge in [-0.1, -0.05) is 0 Å². The first kappa shape index (κ1) is 35.7. The van der Waals surface area contributed by atoms with Crippen LogP contribution >= 0.6 is 0 Å². The number of rotatable bonds is 24. The van der Waals surface area contributed by atoms with E-state index in [-0.39, 0.29) is 24.8 Å². The molecule has 37 heavy (non-hydrogen) atoms. The van der Waals surface area contributed by atoms with Crippen molar-refractivity contribution in [2.45, 2.75) is 65.6 Å². The maximum atomic E-state index is 11.5. The molecule has 0 atom stereocenters. The standard InChI is InChI=1S/C26H50O11/c1-25(2,3)36-23(27)7-9-29-11-13-31-15-17-33-19-21-35-22-20-34-18-16-32-14-12-30-10-8-24(28)37-26(4,5)6/h7-22H2,1-6H3. The second-order valence-electron chi connectivity index (χ2n) is 9.96. The molecule has 0 aliphatic rings. The van der Waals surface area contributed by atoms with Crippen molar-refractivity contribution in [3.8, 4) is 0 Å². The molecule has 0 aromatic heterocycles. The van der Waals surface area contributed by atoms with Crippen LogP contribution in [0.5, 0.6) is 0 Å². The van der Waals surface area contributed by atoms with Gasteiger partial charge in [0.1, 0.15) is 11.2 Å². The second-order valence-corrected chi connectivity index (χ2v) is 9.96. The van der Waals surface area contributed by atoms with Crippen molar-refractivity contribution in [2.24, 2.45) is 0 Å². The zero-order chi connectivity index (χ0) is 27.8. The molecule has 0 aromatic carbocycles. The summed E-state index contributed by atoms with van der Waals surface area (Å²) in [6.07, 6.45) is 0.461. The van der Waals surface area contributed by atoms with Gasteiger partial charge in [-0.2, -0.15) is 0 Å². The van der Waals surface area contributed by atoms with Crippen molar-refractivity contribution in [1.29, 1.82) is 0 Å². The van der Waals surface area contributed by atoms with Crippen LogP contribution in [0.25, 0.3) is 0 Å². The Morgan fingerprint density at radius 3 is 0.757 bits per heavy atom. The van der Waals surface area contributed by atoms with E-state index in [1.54, 1.807) is 0 Å². The third-order valence-electron chi connectivity index (χ3n) is 3.97. The summed E-state index contributed by atoms with van der Waals surface area (Å²) in [5, 5.41) is 0. The minimum Gasteiger partial charge on any atom is -0.460 e. The van der Waals surface area contributed by atoms with Crippen molar-refractivity contribution in [3.63, 3.8) is 0 Å². The zero-order valence-corrected chi connectivity index (χ0v) is 23.8. The number of ether oxygens (including phenoxy) is 9. The molecule has 220 valence electrons.